The summed E-state index contributed by atoms with van der Waals surface area (Å²) in [5, 5.41) is 0. The Balaban J connectivity index is 1.78. The summed E-state index contributed by atoms with van der Waals surface area (Å²) in [6.45, 7) is 15.0. The summed E-state index contributed by atoms with van der Waals surface area (Å²) in [5.74, 6) is -1.37. The van der Waals surface area contributed by atoms with Gasteiger partial charge in [-0.15, -0.1) is 0 Å². The maximum Gasteiger partial charge on any atom is 0.167 e. The van der Waals surface area contributed by atoms with Crippen LogP contribution < -0.4 is 0 Å². The molecule has 3 aliphatic rings. The molecular weight excluding hydrogens is 312 g/mol. The highest BCUT2D eigenvalue weighted by atomic mass is 16.8. The summed E-state index contributed by atoms with van der Waals surface area (Å²) in [6.07, 6.45) is -0.0119. The van der Waals surface area contributed by atoms with Crippen molar-refractivity contribution in [3.63, 3.8) is 0 Å². The molecule has 0 aromatic carbocycles. The van der Waals surface area contributed by atoms with Gasteiger partial charge >= 0.3 is 0 Å². The van der Waals surface area contributed by atoms with Crippen molar-refractivity contribution in [1.82, 2.24) is 0 Å². The molecule has 0 bridgehead atoms. The normalized spacial score (nSPS) is 44.5. The minimum atomic E-state index is -0.643. The van der Waals surface area contributed by atoms with E-state index in [9.17, 15) is 0 Å². The molecule has 3 fully saturated rings. The molecule has 3 heterocycles. The van der Waals surface area contributed by atoms with Crippen LogP contribution in [0.2, 0.25) is 0 Å². The topological polar surface area (TPSA) is 55.4 Å². The first-order valence-corrected chi connectivity index (χ1v) is 8.98. The molecule has 0 saturated carbocycles. The van der Waals surface area contributed by atoms with Crippen LogP contribution in [-0.2, 0) is 28.4 Å². The molecule has 0 amide bonds. The largest absolute Gasteiger partial charge is 0.348 e. The molecule has 6 heteroatoms. The summed E-state index contributed by atoms with van der Waals surface area (Å²) < 4.78 is 36.3. The van der Waals surface area contributed by atoms with Crippen LogP contribution in [-0.4, -0.2) is 55.0 Å². The lowest BCUT2D eigenvalue weighted by Crippen LogP contribution is -2.45. The van der Waals surface area contributed by atoms with E-state index in [1.807, 2.05) is 34.6 Å². The van der Waals surface area contributed by atoms with Crippen LogP contribution in [0.5, 0.6) is 0 Å². The van der Waals surface area contributed by atoms with Crippen LogP contribution in [0.15, 0.2) is 0 Å². The second-order valence-electron chi connectivity index (χ2n) is 8.63. The summed E-state index contributed by atoms with van der Waals surface area (Å²) in [4.78, 5) is 0. The Morgan fingerprint density at radius 1 is 0.750 bits per heavy atom. The molecule has 0 spiro atoms. The van der Waals surface area contributed by atoms with Crippen molar-refractivity contribution in [2.45, 2.75) is 96.7 Å². The van der Waals surface area contributed by atoms with Gasteiger partial charge in [-0.3, -0.25) is 0 Å². The van der Waals surface area contributed by atoms with Gasteiger partial charge in [0, 0.05) is 6.42 Å². The van der Waals surface area contributed by atoms with Crippen molar-refractivity contribution in [3.8, 4) is 0 Å². The van der Waals surface area contributed by atoms with Crippen molar-refractivity contribution in [3.05, 3.63) is 0 Å². The maximum atomic E-state index is 6.37. The number of rotatable bonds is 4. The number of hydrogen-bond donors (Lipinski definition) is 0. The fourth-order valence-electron chi connectivity index (χ4n) is 3.90. The zero-order chi connectivity index (χ0) is 17.8. The minimum absolute atomic E-state index is 0.175. The third-order valence-electron chi connectivity index (χ3n) is 4.67. The maximum absolute atomic E-state index is 6.37. The van der Waals surface area contributed by atoms with Crippen molar-refractivity contribution in [1.29, 1.82) is 0 Å². The molecule has 6 nitrogen and oxygen atoms in total. The van der Waals surface area contributed by atoms with Gasteiger partial charge in [0.15, 0.2) is 17.4 Å². The first-order chi connectivity index (χ1) is 11.0. The van der Waals surface area contributed by atoms with Crippen molar-refractivity contribution in [2.75, 3.05) is 13.2 Å². The first-order valence-electron chi connectivity index (χ1n) is 8.98. The zero-order valence-electron chi connectivity index (χ0n) is 16.0. The van der Waals surface area contributed by atoms with E-state index in [0.717, 1.165) is 6.42 Å². The zero-order valence-corrected chi connectivity index (χ0v) is 16.0. The van der Waals surface area contributed by atoms with E-state index >= 15 is 0 Å². The van der Waals surface area contributed by atoms with E-state index in [1.165, 1.54) is 0 Å². The van der Waals surface area contributed by atoms with Crippen LogP contribution in [0.1, 0.15) is 54.9 Å². The first kappa shape index (κ1) is 18.5. The summed E-state index contributed by atoms with van der Waals surface area (Å²) in [6, 6.07) is 0. The lowest BCUT2D eigenvalue weighted by atomic mass is 10.0. The number of hydrogen-bond acceptors (Lipinski definition) is 6. The average molecular weight is 344 g/mol. The Labute approximate surface area is 145 Å². The molecule has 4 unspecified atom stereocenters. The van der Waals surface area contributed by atoms with Crippen molar-refractivity contribution < 1.29 is 28.4 Å². The average Bonchev–Trinajstić information content (AvgIpc) is 3.04. The van der Waals surface area contributed by atoms with Crippen LogP contribution in [0.25, 0.3) is 0 Å². The molecule has 0 aromatic rings. The Morgan fingerprint density at radius 3 is 1.46 bits per heavy atom. The molecule has 4 atom stereocenters. The van der Waals surface area contributed by atoms with E-state index in [4.69, 9.17) is 28.4 Å². The molecule has 3 saturated heterocycles. The van der Waals surface area contributed by atoms with Crippen LogP contribution in [0.3, 0.4) is 0 Å². The molecule has 24 heavy (non-hydrogen) atoms. The molecule has 3 aliphatic heterocycles. The quantitative estimate of drug-likeness (QED) is 0.782. The Bertz CT molecular complexity index is 426. The van der Waals surface area contributed by atoms with Crippen molar-refractivity contribution in [2.24, 2.45) is 5.92 Å². The van der Waals surface area contributed by atoms with Gasteiger partial charge in [0.05, 0.1) is 13.2 Å². The number of ether oxygens (including phenoxy) is 6. The van der Waals surface area contributed by atoms with Gasteiger partial charge in [-0.05, 0) is 40.5 Å². The molecule has 0 N–H and O–H groups in total. The monoisotopic (exact) mass is 344 g/mol. The van der Waals surface area contributed by atoms with E-state index in [0.29, 0.717) is 19.1 Å². The van der Waals surface area contributed by atoms with Crippen LogP contribution in [0.4, 0.5) is 0 Å². The predicted molar refractivity (Wildman–Crippen MR) is 87.4 cm³/mol. The lowest BCUT2D eigenvalue weighted by molar-refractivity contribution is -0.195. The standard InChI is InChI=1S/C18H32O6/c1-11(2)8-18(7)23-14(12-9-19-16(3,4)21-12)15(24-18)13-10-20-17(5,6)22-13/h11-15H,8-10H2,1-7H3. The van der Waals surface area contributed by atoms with Gasteiger partial charge in [0.25, 0.3) is 0 Å². The van der Waals surface area contributed by atoms with Crippen molar-refractivity contribution >= 4 is 0 Å². The van der Waals surface area contributed by atoms with Gasteiger partial charge in [0.2, 0.25) is 0 Å². The van der Waals surface area contributed by atoms with Gasteiger partial charge in [-0.2, -0.15) is 0 Å². The Hall–Kier alpha value is -0.240. The summed E-state index contributed by atoms with van der Waals surface area (Å²) >= 11 is 0. The smallest absolute Gasteiger partial charge is 0.167 e. The SMILES string of the molecule is CC(C)CC1(C)OC(C2COC(C)(C)O2)C(C2COC(C)(C)O2)O1. The third-order valence-corrected chi connectivity index (χ3v) is 4.67. The molecule has 140 valence electrons. The minimum Gasteiger partial charge on any atom is -0.348 e. The highest BCUT2D eigenvalue weighted by Gasteiger charge is 2.56. The molecule has 0 aromatic heterocycles. The molecule has 0 aliphatic carbocycles. The second-order valence-corrected chi connectivity index (χ2v) is 8.63. The van der Waals surface area contributed by atoms with E-state index in [2.05, 4.69) is 13.8 Å². The second kappa shape index (κ2) is 6.18. The Morgan fingerprint density at radius 2 is 1.17 bits per heavy atom. The van der Waals surface area contributed by atoms with E-state index < -0.39 is 17.4 Å². The predicted octanol–water partition coefficient (Wildman–Crippen LogP) is 2.84. The third kappa shape index (κ3) is 3.94. The lowest BCUT2D eigenvalue weighted by Gasteiger charge is -2.26. The summed E-state index contributed by atoms with van der Waals surface area (Å²) in [5.41, 5.74) is 0. The molecule has 3 rings (SSSR count). The Kier molecular flexibility index (Phi) is 4.78. The van der Waals surface area contributed by atoms with Gasteiger partial charge < -0.3 is 28.4 Å². The van der Waals surface area contributed by atoms with Crippen LogP contribution in [0, 0.1) is 5.92 Å². The highest BCUT2D eigenvalue weighted by Crippen LogP contribution is 2.42. The highest BCUT2D eigenvalue weighted by molar-refractivity contribution is 4.97. The van der Waals surface area contributed by atoms with Gasteiger partial charge in [0.1, 0.15) is 24.4 Å². The fourth-order valence-corrected chi connectivity index (χ4v) is 3.90. The van der Waals surface area contributed by atoms with Crippen LogP contribution >= 0.6 is 0 Å². The summed E-state index contributed by atoms with van der Waals surface area (Å²) in [7, 11) is 0. The molecule has 0 radical (unpaired) electrons. The van der Waals surface area contributed by atoms with E-state index in [1.54, 1.807) is 0 Å². The van der Waals surface area contributed by atoms with E-state index in [-0.39, 0.29) is 24.4 Å². The fraction of sp³-hybridized carbons (Fsp3) is 1.00. The van der Waals surface area contributed by atoms with Gasteiger partial charge in [-0.25, -0.2) is 0 Å². The molecular formula is C18H32O6. The van der Waals surface area contributed by atoms with Gasteiger partial charge in [-0.1, -0.05) is 13.8 Å².